The molecule has 0 aliphatic carbocycles. The minimum Gasteiger partial charge on any atom is -0.497 e. The number of H-pyrrole nitrogens is 1. The number of ether oxygens (including phenoxy) is 1. The van der Waals surface area contributed by atoms with E-state index >= 15 is 0 Å². The van der Waals surface area contributed by atoms with Crippen molar-refractivity contribution in [2.45, 2.75) is 19.8 Å². The van der Waals surface area contributed by atoms with Crippen molar-refractivity contribution in [3.8, 4) is 5.75 Å². The van der Waals surface area contributed by atoms with Crippen molar-refractivity contribution in [1.29, 1.82) is 0 Å². The summed E-state index contributed by atoms with van der Waals surface area (Å²) in [6.45, 7) is 2.92. The lowest BCUT2D eigenvalue weighted by atomic mass is 10.1. The van der Waals surface area contributed by atoms with Gasteiger partial charge in [-0.05, 0) is 37.5 Å². The molecule has 0 fully saturated rings. The third-order valence-electron chi connectivity index (χ3n) is 3.13. The van der Waals surface area contributed by atoms with Gasteiger partial charge in [0.1, 0.15) is 5.75 Å². The van der Waals surface area contributed by atoms with Crippen LogP contribution in [0.1, 0.15) is 17.7 Å². The monoisotopic (exact) mass is 260 g/mol. The minimum absolute atomic E-state index is 0.707. The van der Waals surface area contributed by atoms with E-state index in [1.165, 1.54) is 5.56 Å². The van der Waals surface area contributed by atoms with E-state index in [9.17, 15) is 0 Å². The number of rotatable bonds is 6. The van der Waals surface area contributed by atoms with Gasteiger partial charge >= 0.3 is 0 Å². The van der Waals surface area contributed by atoms with E-state index in [-0.39, 0.29) is 0 Å². The van der Waals surface area contributed by atoms with E-state index in [1.54, 1.807) is 7.11 Å². The van der Waals surface area contributed by atoms with Gasteiger partial charge in [-0.25, -0.2) is 0 Å². The standard InChI is InChI=1S/C14H20N4O/c1-10-11(9-17-18-10)4-3-7-16-14-6-5-12(19-2)8-13(14)15/h5-6,8-9,16H,3-4,7,15H2,1-2H3,(H,17,18). The molecule has 0 spiro atoms. The second-order valence-electron chi connectivity index (χ2n) is 4.50. The average molecular weight is 260 g/mol. The van der Waals surface area contributed by atoms with Gasteiger partial charge in [0.25, 0.3) is 0 Å². The van der Waals surface area contributed by atoms with Gasteiger partial charge < -0.3 is 15.8 Å². The first-order valence-electron chi connectivity index (χ1n) is 6.37. The Bertz CT molecular complexity index is 536. The zero-order valence-corrected chi connectivity index (χ0v) is 11.4. The highest BCUT2D eigenvalue weighted by Gasteiger charge is 2.02. The summed E-state index contributed by atoms with van der Waals surface area (Å²) in [6, 6.07) is 5.67. The van der Waals surface area contributed by atoms with Crippen LogP contribution in [0.5, 0.6) is 5.75 Å². The Balaban J connectivity index is 1.81. The Labute approximate surface area is 113 Å². The van der Waals surface area contributed by atoms with Gasteiger partial charge in [0.2, 0.25) is 0 Å². The first kappa shape index (κ1) is 13.3. The SMILES string of the molecule is COc1ccc(NCCCc2cn[nH]c2C)c(N)c1. The van der Waals surface area contributed by atoms with Crippen LogP contribution in [0.3, 0.4) is 0 Å². The van der Waals surface area contributed by atoms with E-state index in [1.807, 2.05) is 31.3 Å². The van der Waals surface area contributed by atoms with Gasteiger partial charge in [0, 0.05) is 18.3 Å². The first-order valence-corrected chi connectivity index (χ1v) is 6.37. The summed E-state index contributed by atoms with van der Waals surface area (Å²) in [5, 5.41) is 10.3. The third-order valence-corrected chi connectivity index (χ3v) is 3.13. The predicted octanol–water partition coefficient (Wildman–Crippen LogP) is 2.35. The zero-order chi connectivity index (χ0) is 13.7. The number of anilines is 2. The molecule has 1 heterocycles. The van der Waals surface area contributed by atoms with Crippen molar-refractivity contribution < 1.29 is 4.74 Å². The fraction of sp³-hybridized carbons (Fsp3) is 0.357. The molecule has 19 heavy (non-hydrogen) atoms. The molecule has 5 nitrogen and oxygen atoms in total. The molecule has 0 atom stereocenters. The molecule has 0 saturated carbocycles. The summed E-state index contributed by atoms with van der Waals surface area (Å²) in [5.41, 5.74) is 10.0. The molecule has 0 radical (unpaired) electrons. The maximum atomic E-state index is 5.94. The number of nitrogens with zero attached hydrogens (tertiary/aromatic N) is 1. The lowest BCUT2D eigenvalue weighted by molar-refractivity contribution is 0.415. The molecule has 0 aliphatic heterocycles. The molecule has 0 amide bonds. The van der Waals surface area contributed by atoms with Crippen molar-refractivity contribution in [2.75, 3.05) is 24.7 Å². The van der Waals surface area contributed by atoms with Crippen molar-refractivity contribution in [3.05, 3.63) is 35.7 Å². The molecule has 0 saturated heterocycles. The van der Waals surface area contributed by atoms with Crippen LogP contribution in [0.25, 0.3) is 0 Å². The number of hydrogen-bond acceptors (Lipinski definition) is 4. The molecule has 1 aromatic heterocycles. The van der Waals surface area contributed by atoms with Crippen LogP contribution in [-0.4, -0.2) is 23.9 Å². The summed E-state index contributed by atoms with van der Waals surface area (Å²) < 4.78 is 5.12. The Kier molecular flexibility index (Phi) is 4.28. The quantitative estimate of drug-likeness (QED) is 0.550. The van der Waals surface area contributed by atoms with Crippen molar-refractivity contribution in [2.24, 2.45) is 0 Å². The molecule has 4 N–H and O–H groups in total. The van der Waals surface area contributed by atoms with Crippen LogP contribution in [-0.2, 0) is 6.42 Å². The van der Waals surface area contributed by atoms with Crippen molar-refractivity contribution >= 4 is 11.4 Å². The van der Waals surface area contributed by atoms with Crippen LogP contribution in [0, 0.1) is 6.92 Å². The number of hydrogen-bond donors (Lipinski definition) is 3. The highest BCUT2D eigenvalue weighted by atomic mass is 16.5. The Morgan fingerprint density at radius 1 is 1.42 bits per heavy atom. The first-order chi connectivity index (χ1) is 9.20. The van der Waals surface area contributed by atoms with E-state index in [4.69, 9.17) is 10.5 Å². The summed E-state index contributed by atoms with van der Waals surface area (Å²) in [6.07, 6.45) is 3.92. The van der Waals surface area contributed by atoms with Gasteiger partial charge in [-0.1, -0.05) is 0 Å². The van der Waals surface area contributed by atoms with E-state index in [0.29, 0.717) is 5.69 Å². The molecule has 0 unspecified atom stereocenters. The average Bonchev–Trinajstić information content (AvgIpc) is 2.81. The number of benzene rings is 1. The number of aromatic amines is 1. The zero-order valence-electron chi connectivity index (χ0n) is 11.4. The molecule has 0 aliphatic rings. The largest absolute Gasteiger partial charge is 0.497 e. The van der Waals surface area contributed by atoms with Crippen LogP contribution < -0.4 is 15.8 Å². The molecule has 0 bridgehead atoms. The molecular weight excluding hydrogens is 240 g/mol. The summed E-state index contributed by atoms with van der Waals surface area (Å²) in [5.74, 6) is 0.775. The maximum absolute atomic E-state index is 5.94. The normalized spacial score (nSPS) is 10.4. The smallest absolute Gasteiger partial charge is 0.121 e. The lowest BCUT2D eigenvalue weighted by Crippen LogP contribution is -2.05. The number of aromatic nitrogens is 2. The fourth-order valence-corrected chi connectivity index (χ4v) is 1.96. The van der Waals surface area contributed by atoms with Gasteiger partial charge in [-0.2, -0.15) is 5.10 Å². The third kappa shape index (κ3) is 3.40. The van der Waals surface area contributed by atoms with Crippen LogP contribution >= 0.6 is 0 Å². The number of nitrogen functional groups attached to an aromatic ring is 1. The van der Waals surface area contributed by atoms with Crippen LogP contribution in [0.2, 0.25) is 0 Å². The molecule has 2 aromatic rings. The molecular formula is C14H20N4O. The van der Waals surface area contributed by atoms with Crippen LogP contribution in [0.4, 0.5) is 11.4 Å². The van der Waals surface area contributed by atoms with Crippen molar-refractivity contribution in [3.63, 3.8) is 0 Å². The van der Waals surface area contributed by atoms with Gasteiger partial charge in [0.15, 0.2) is 0 Å². The molecule has 2 rings (SSSR count). The number of aryl methyl sites for hydroxylation is 2. The van der Waals surface area contributed by atoms with Gasteiger partial charge in [0.05, 0.1) is 24.7 Å². The Morgan fingerprint density at radius 2 is 2.26 bits per heavy atom. The Morgan fingerprint density at radius 3 is 2.89 bits per heavy atom. The van der Waals surface area contributed by atoms with Crippen LogP contribution in [0.15, 0.2) is 24.4 Å². The fourth-order valence-electron chi connectivity index (χ4n) is 1.96. The predicted molar refractivity (Wildman–Crippen MR) is 77.5 cm³/mol. The summed E-state index contributed by atoms with van der Waals surface area (Å²) in [4.78, 5) is 0. The second kappa shape index (κ2) is 6.13. The minimum atomic E-state index is 0.707. The highest BCUT2D eigenvalue weighted by Crippen LogP contribution is 2.23. The number of methoxy groups -OCH3 is 1. The highest BCUT2D eigenvalue weighted by molar-refractivity contribution is 5.68. The topological polar surface area (TPSA) is 76.0 Å². The maximum Gasteiger partial charge on any atom is 0.121 e. The molecule has 102 valence electrons. The van der Waals surface area contributed by atoms with E-state index < -0.39 is 0 Å². The number of nitrogens with one attached hydrogen (secondary N) is 2. The second-order valence-corrected chi connectivity index (χ2v) is 4.50. The van der Waals surface area contributed by atoms with E-state index in [2.05, 4.69) is 15.5 Å². The van der Waals surface area contributed by atoms with E-state index in [0.717, 1.165) is 36.5 Å². The van der Waals surface area contributed by atoms with Gasteiger partial charge in [-0.3, -0.25) is 5.10 Å². The lowest BCUT2D eigenvalue weighted by Gasteiger charge is -2.10. The van der Waals surface area contributed by atoms with Crippen molar-refractivity contribution in [1.82, 2.24) is 10.2 Å². The molecule has 1 aromatic carbocycles. The summed E-state index contributed by atoms with van der Waals surface area (Å²) >= 11 is 0. The number of nitrogens with two attached hydrogens (primary N) is 1. The van der Waals surface area contributed by atoms with Gasteiger partial charge in [-0.15, -0.1) is 0 Å². The Hall–Kier alpha value is -2.17. The summed E-state index contributed by atoms with van der Waals surface area (Å²) in [7, 11) is 1.63. The molecule has 5 heteroatoms.